The Hall–Kier alpha value is -0.700. The van der Waals surface area contributed by atoms with Crippen molar-refractivity contribution in [3.05, 3.63) is 16.6 Å². The zero-order valence-electron chi connectivity index (χ0n) is 6.13. The maximum Gasteiger partial charge on any atom is 0.225 e. The molecule has 0 saturated heterocycles. The van der Waals surface area contributed by atoms with Crippen LogP contribution in [0.4, 0.5) is 0 Å². The van der Waals surface area contributed by atoms with Crippen molar-refractivity contribution >= 4 is 17.1 Å². The highest BCUT2D eigenvalue weighted by Gasteiger charge is 2.05. The Bertz CT molecular complexity index is 242. The van der Waals surface area contributed by atoms with E-state index in [1.807, 2.05) is 23.2 Å². The number of nitrogens with zero attached hydrogens (tertiary/aromatic N) is 1. The SMILES string of the molecule is CC(=O)C[n+]1csc(C)c1. The normalized spacial score (nSPS) is 9.80. The van der Waals surface area contributed by atoms with Gasteiger partial charge in [-0.15, -0.1) is 0 Å². The van der Waals surface area contributed by atoms with Crippen LogP contribution >= 0.6 is 11.3 Å². The molecule has 0 aliphatic rings. The van der Waals surface area contributed by atoms with Gasteiger partial charge >= 0.3 is 0 Å². The molecule has 1 heterocycles. The van der Waals surface area contributed by atoms with Crippen molar-refractivity contribution in [2.24, 2.45) is 0 Å². The number of Topliss-reactive ketones (excluding diaryl/α,β-unsaturated/α-hetero) is 1. The molecule has 0 aliphatic carbocycles. The first-order valence-corrected chi connectivity index (χ1v) is 4.00. The lowest BCUT2D eigenvalue weighted by Gasteiger charge is -1.82. The summed E-state index contributed by atoms with van der Waals surface area (Å²) in [5, 5.41) is 0. The van der Waals surface area contributed by atoms with Crippen LogP contribution in [0.1, 0.15) is 11.8 Å². The first kappa shape index (κ1) is 7.41. The number of carbonyl (C=O) groups is 1. The average Bonchev–Trinajstić information content (AvgIpc) is 2.13. The molecule has 0 N–H and O–H groups in total. The lowest BCUT2D eigenvalue weighted by molar-refractivity contribution is -0.679. The maximum atomic E-state index is 10.6. The highest BCUT2D eigenvalue weighted by molar-refractivity contribution is 7.09. The zero-order chi connectivity index (χ0) is 7.56. The summed E-state index contributed by atoms with van der Waals surface area (Å²) in [6.07, 6.45) is 1.98. The average molecular weight is 156 g/mol. The van der Waals surface area contributed by atoms with Gasteiger partial charge in [-0.05, 0) is 6.92 Å². The summed E-state index contributed by atoms with van der Waals surface area (Å²) in [5.41, 5.74) is 1.96. The fraction of sp³-hybridized carbons (Fsp3) is 0.429. The van der Waals surface area contributed by atoms with Crippen LogP contribution in [-0.4, -0.2) is 5.78 Å². The van der Waals surface area contributed by atoms with Crippen LogP contribution in [0.15, 0.2) is 11.7 Å². The second-order valence-corrected chi connectivity index (χ2v) is 3.43. The van der Waals surface area contributed by atoms with Gasteiger partial charge in [-0.1, -0.05) is 11.3 Å². The molecule has 0 atom stereocenters. The molecule has 3 heteroatoms. The quantitative estimate of drug-likeness (QED) is 0.584. The highest BCUT2D eigenvalue weighted by atomic mass is 32.1. The van der Waals surface area contributed by atoms with Crippen molar-refractivity contribution in [1.29, 1.82) is 0 Å². The van der Waals surface area contributed by atoms with E-state index in [0.29, 0.717) is 6.54 Å². The summed E-state index contributed by atoms with van der Waals surface area (Å²) in [6, 6.07) is 0. The van der Waals surface area contributed by atoms with Gasteiger partial charge in [0.1, 0.15) is 0 Å². The summed E-state index contributed by atoms with van der Waals surface area (Å²) in [6.45, 7) is 4.13. The van der Waals surface area contributed by atoms with Gasteiger partial charge in [0.05, 0.1) is 4.88 Å². The fourth-order valence-electron chi connectivity index (χ4n) is 0.785. The lowest BCUT2D eigenvalue weighted by atomic mass is 10.4. The predicted molar refractivity (Wildman–Crippen MR) is 39.9 cm³/mol. The molecular formula is C7H10NOS+. The van der Waals surface area contributed by atoms with Gasteiger partial charge in [-0.2, -0.15) is 4.57 Å². The Kier molecular flexibility index (Phi) is 2.17. The summed E-state index contributed by atoms with van der Waals surface area (Å²) >= 11 is 1.66. The molecule has 1 rings (SSSR count). The van der Waals surface area contributed by atoms with E-state index in [0.717, 1.165) is 0 Å². The van der Waals surface area contributed by atoms with Crippen molar-refractivity contribution in [3.63, 3.8) is 0 Å². The monoisotopic (exact) mass is 156 g/mol. The second kappa shape index (κ2) is 2.92. The lowest BCUT2D eigenvalue weighted by Crippen LogP contribution is -2.33. The standard InChI is InChI=1S/C7H10NOS/c1-6(9)3-8-4-7(2)10-5-8/h4-5H,3H2,1-2H3/q+1. The van der Waals surface area contributed by atoms with Crippen LogP contribution in [0.2, 0.25) is 0 Å². The maximum absolute atomic E-state index is 10.6. The first-order chi connectivity index (χ1) is 4.68. The molecule has 10 heavy (non-hydrogen) atoms. The zero-order valence-corrected chi connectivity index (χ0v) is 6.94. The van der Waals surface area contributed by atoms with Crippen LogP contribution in [0.25, 0.3) is 0 Å². The minimum absolute atomic E-state index is 0.197. The molecule has 54 valence electrons. The van der Waals surface area contributed by atoms with Gasteiger partial charge in [0, 0.05) is 6.92 Å². The third-order valence-electron chi connectivity index (χ3n) is 1.13. The van der Waals surface area contributed by atoms with E-state index in [1.165, 1.54) is 4.88 Å². The third kappa shape index (κ3) is 1.92. The fourth-order valence-corrected chi connectivity index (χ4v) is 1.42. The smallest absolute Gasteiger partial charge is 0.225 e. The molecule has 0 saturated carbocycles. The molecule has 0 bridgehead atoms. The number of aryl methyl sites for hydroxylation is 1. The van der Waals surface area contributed by atoms with Crippen molar-refractivity contribution in [1.82, 2.24) is 0 Å². The number of thiazole rings is 1. The molecule has 0 radical (unpaired) electrons. The Balaban J connectivity index is 2.67. The van der Waals surface area contributed by atoms with Gasteiger partial charge in [0.25, 0.3) is 0 Å². The van der Waals surface area contributed by atoms with E-state index < -0.39 is 0 Å². The van der Waals surface area contributed by atoms with Crippen LogP contribution in [0, 0.1) is 6.92 Å². The molecule has 0 aliphatic heterocycles. The molecular weight excluding hydrogens is 146 g/mol. The summed E-state index contributed by atoms with van der Waals surface area (Å²) < 4.78 is 1.91. The molecule has 1 aromatic rings. The Morgan fingerprint density at radius 3 is 2.90 bits per heavy atom. The van der Waals surface area contributed by atoms with E-state index in [2.05, 4.69) is 0 Å². The topological polar surface area (TPSA) is 20.9 Å². The van der Waals surface area contributed by atoms with Gasteiger partial charge in [-0.25, -0.2) is 0 Å². The van der Waals surface area contributed by atoms with Crippen molar-refractivity contribution in [3.8, 4) is 0 Å². The molecule has 0 amide bonds. The van der Waals surface area contributed by atoms with Crippen molar-refractivity contribution in [2.45, 2.75) is 20.4 Å². The number of carbonyl (C=O) groups excluding carboxylic acids is 1. The first-order valence-electron chi connectivity index (χ1n) is 3.12. The molecule has 2 nitrogen and oxygen atoms in total. The molecule has 0 aromatic carbocycles. The van der Waals surface area contributed by atoms with Crippen molar-refractivity contribution in [2.75, 3.05) is 0 Å². The van der Waals surface area contributed by atoms with Gasteiger partial charge in [0.2, 0.25) is 12.1 Å². The second-order valence-electron chi connectivity index (χ2n) is 2.34. The number of ketones is 1. The summed E-state index contributed by atoms with van der Waals surface area (Å²) in [5.74, 6) is 0.197. The van der Waals surface area contributed by atoms with E-state index in [1.54, 1.807) is 18.3 Å². The predicted octanol–water partition coefficient (Wildman–Crippen LogP) is 0.933. The molecule has 0 spiro atoms. The number of hydrogen-bond donors (Lipinski definition) is 0. The Morgan fingerprint density at radius 2 is 2.50 bits per heavy atom. The Morgan fingerprint density at radius 1 is 1.80 bits per heavy atom. The molecule has 1 aromatic heterocycles. The molecule has 0 fully saturated rings. The molecule has 0 unspecified atom stereocenters. The van der Waals surface area contributed by atoms with E-state index in [4.69, 9.17) is 0 Å². The van der Waals surface area contributed by atoms with E-state index in [9.17, 15) is 4.79 Å². The number of aromatic nitrogens is 1. The van der Waals surface area contributed by atoms with Crippen molar-refractivity contribution < 1.29 is 9.36 Å². The van der Waals surface area contributed by atoms with E-state index >= 15 is 0 Å². The van der Waals surface area contributed by atoms with Gasteiger partial charge in [-0.3, -0.25) is 4.79 Å². The van der Waals surface area contributed by atoms with Gasteiger partial charge in [0.15, 0.2) is 12.0 Å². The van der Waals surface area contributed by atoms with Crippen LogP contribution in [0.5, 0.6) is 0 Å². The number of rotatable bonds is 2. The van der Waals surface area contributed by atoms with Crippen LogP contribution < -0.4 is 4.57 Å². The highest BCUT2D eigenvalue weighted by Crippen LogP contribution is 1.99. The summed E-state index contributed by atoms with van der Waals surface area (Å²) in [4.78, 5) is 11.8. The largest absolute Gasteiger partial charge is 0.293 e. The van der Waals surface area contributed by atoms with Gasteiger partial charge < -0.3 is 0 Å². The van der Waals surface area contributed by atoms with E-state index in [-0.39, 0.29) is 5.78 Å². The Labute approximate surface area is 64.1 Å². The minimum Gasteiger partial charge on any atom is -0.293 e. The van der Waals surface area contributed by atoms with Crippen LogP contribution in [0.3, 0.4) is 0 Å². The van der Waals surface area contributed by atoms with Crippen LogP contribution in [-0.2, 0) is 11.3 Å². The number of hydrogen-bond acceptors (Lipinski definition) is 2. The minimum atomic E-state index is 0.197. The summed E-state index contributed by atoms with van der Waals surface area (Å²) in [7, 11) is 0. The third-order valence-corrected chi connectivity index (χ3v) is 1.98.